The van der Waals surface area contributed by atoms with Crippen LogP contribution in [-0.4, -0.2) is 29.1 Å². The van der Waals surface area contributed by atoms with Gasteiger partial charge in [0.05, 0.1) is 0 Å². The molecule has 0 saturated heterocycles. The molecule has 2 nitrogen and oxygen atoms in total. The molecule has 0 aromatic carbocycles. The van der Waals surface area contributed by atoms with Crippen molar-refractivity contribution in [3.63, 3.8) is 0 Å². The molecule has 1 rings (SSSR count). The Bertz CT molecular complexity index is 502. The zero-order valence-electron chi connectivity index (χ0n) is 27.5. The van der Waals surface area contributed by atoms with Gasteiger partial charge in [-0.25, -0.2) is 0 Å². The third-order valence-electron chi connectivity index (χ3n) is 9.17. The number of nitrogens with zero attached hydrogens (tertiary/aromatic N) is 2. The van der Waals surface area contributed by atoms with Crippen molar-refractivity contribution in [2.24, 2.45) is 0 Å². The van der Waals surface area contributed by atoms with Crippen molar-refractivity contribution >= 4 is 0 Å². The third-order valence-corrected chi connectivity index (χ3v) is 9.17. The maximum atomic E-state index is 2.66. The Morgan fingerprint density at radius 3 is 1.03 bits per heavy atom. The van der Waals surface area contributed by atoms with Gasteiger partial charge in [-0.2, -0.15) is 0 Å². The zero-order valence-corrected chi connectivity index (χ0v) is 27.5. The summed E-state index contributed by atoms with van der Waals surface area (Å²) in [4.78, 5) is 5.23. The lowest BCUT2D eigenvalue weighted by Crippen LogP contribution is -2.38. The standard InChI is InChI=1S/C37H74N2/c1-4-7-9-11-13-15-17-19-20-21-22-23-25-27-29-31-33-37-38(6-3)35-36-39(37)34-32-30-28-26-24-18-16-14-12-10-8-5-2/h35-37H,4-34H2,1-3H3. The van der Waals surface area contributed by atoms with Crippen molar-refractivity contribution in [1.29, 1.82) is 0 Å². The molecule has 1 aliphatic heterocycles. The fourth-order valence-corrected chi connectivity index (χ4v) is 6.44. The predicted molar refractivity (Wildman–Crippen MR) is 177 cm³/mol. The van der Waals surface area contributed by atoms with Gasteiger partial charge < -0.3 is 9.80 Å². The number of hydrogen-bond donors (Lipinski definition) is 0. The van der Waals surface area contributed by atoms with Crippen molar-refractivity contribution in [3.05, 3.63) is 12.4 Å². The second kappa shape index (κ2) is 28.9. The Hall–Kier alpha value is -0.660. The highest BCUT2D eigenvalue weighted by Gasteiger charge is 2.23. The summed E-state index contributed by atoms with van der Waals surface area (Å²) in [7, 11) is 0. The molecule has 0 amide bonds. The molecule has 0 fully saturated rings. The van der Waals surface area contributed by atoms with E-state index in [0.717, 1.165) is 6.54 Å². The maximum Gasteiger partial charge on any atom is 0.101 e. The average molecular weight is 547 g/mol. The van der Waals surface area contributed by atoms with E-state index in [2.05, 4.69) is 43.0 Å². The summed E-state index contributed by atoms with van der Waals surface area (Å²) < 4.78 is 0. The molecule has 1 unspecified atom stereocenters. The molecule has 0 aliphatic carbocycles. The van der Waals surface area contributed by atoms with E-state index < -0.39 is 0 Å². The van der Waals surface area contributed by atoms with Gasteiger partial charge >= 0.3 is 0 Å². The van der Waals surface area contributed by atoms with E-state index in [4.69, 9.17) is 0 Å². The SMILES string of the molecule is CCCCCCCCCCCCCCCCCCC1N(CC)C=CN1CCCCCCCCCCCCCC. The second-order valence-electron chi connectivity index (χ2n) is 12.8. The van der Waals surface area contributed by atoms with Gasteiger partial charge in [0.1, 0.15) is 6.17 Å². The van der Waals surface area contributed by atoms with Crippen LogP contribution < -0.4 is 0 Å². The Morgan fingerprint density at radius 2 is 0.667 bits per heavy atom. The van der Waals surface area contributed by atoms with E-state index in [9.17, 15) is 0 Å². The van der Waals surface area contributed by atoms with Crippen LogP contribution >= 0.6 is 0 Å². The van der Waals surface area contributed by atoms with Crippen molar-refractivity contribution < 1.29 is 0 Å². The summed E-state index contributed by atoms with van der Waals surface area (Å²) in [5.41, 5.74) is 0. The Labute approximate surface area is 248 Å². The van der Waals surface area contributed by atoms with Gasteiger partial charge in [-0.05, 0) is 26.2 Å². The van der Waals surface area contributed by atoms with Gasteiger partial charge in [0, 0.05) is 25.5 Å². The Balaban J connectivity index is 1.93. The molecular weight excluding hydrogens is 472 g/mol. The minimum atomic E-state index is 0.634. The molecule has 232 valence electrons. The fourth-order valence-electron chi connectivity index (χ4n) is 6.44. The van der Waals surface area contributed by atoms with E-state index in [0.29, 0.717) is 6.17 Å². The van der Waals surface area contributed by atoms with Crippen LogP contribution in [0.25, 0.3) is 0 Å². The fraction of sp³-hybridized carbons (Fsp3) is 0.946. The van der Waals surface area contributed by atoms with Gasteiger partial charge in [-0.15, -0.1) is 0 Å². The lowest BCUT2D eigenvalue weighted by molar-refractivity contribution is 0.142. The van der Waals surface area contributed by atoms with Gasteiger partial charge in [-0.3, -0.25) is 0 Å². The van der Waals surface area contributed by atoms with Crippen LogP contribution in [0.2, 0.25) is 0 Å². The average Bonchev–Trinajstić information content (AvgIpc) is 3.34. The monoisotopic (exact) mass is 547 g/mol. The van der Waals surface area contributed by atoms with Crippen molar-refractivity contribution in [3.8, 4) is 0 Å². The van der Waals surface area contributed by atoms with E-state index >= 15 is 0 Å². The van der Waals surface area contributed by atoms with Gasteiger partial charge in [-0.1, -0.05) is 181 Å². The van der Waals surface area contributed by atoms with Crippen LogP contribution in [0.15, 0.2) is 12.4 Å². The zero-order chi connectivity index (χ0) is 28.1. The second-order valence-corrected chi connectivity index (χ2v) is 12.8. The first-order valence-electron chi connectivity index (χ1n) is 18.5. The topological polar surface area (TPSA) is 6.48 Å². The molecule has 2 heteroatoms. The number of hydrogen-bond acceptors (Lipinski definition) is 2. The van der Waals surface area contributed by atoms with Crippen LogP contribution in [0.5, 0.6) is 0 Å². The first kappa shape index (κ1) is 36.4. The molecule has 1 atom stereocenters. The van der Waals surface area contributed by atoms with Crippen LogP contribution in [0.4, 0.5) is 0 Å². The first-order valence-corrected chi connectivity index (χ1v) is 18.5. The summed E-state index contributed by atoms with van der Waals surface area (Å²) in [5.74, 6) is 0. The molecule has 0 aromatic heterocycles. The van der Waals surface area contributed by atoms with Crippen LogP contribution in [-0.2, 0) is 0 Å². The molecule has 1 aliphatic rings. The third kappa shape index (κ3) is 21.7. The van der Waals surface area contributed by atoms with Gasteiger partial charge in [0.25, 0.3) is 0 Å². The first-order chi connectivity index (χ1) is 19.3. The van der Waals surface area contributed by atoms with Crippen LogP contribution in [0.1, 0.15) is 207 Å². The maximum absolute atomic E-state index is 2.66. The molecule has 39 heavy (non-hydrogen) atoms. The van der Waals surface area contributed by atoms with E-state index in [1.807, 2.05) is 0 Å². The van der Waals surface area contributed by atoms with Crippen molar-refractivity contribution in [2.75, 3.05) is 13.1 Å². The van der Waals surface area contributed by atoms with Crippen molar-refractivity contribution in [1.82, 2.24) is 9.80 Å². The van der Waals surface area contributed by atoms with Crippen LogP contribution in [0.3, 0.4) is 0 Å². The molecular formula is C37H74N2. The molecule has 0 bridgehead atoms. The van der Waals surface area contributed by atoms with E-state index in [-0.39, 0.29) is 0 Å². The summed E-state index contributed by atoms with van der Waals surface area (Å²) in [6.45, 7) is 9.34. The highest BCUT2D eigenvalue weighted by molar-refractivity contribution is 4.96. The summed E-state index contributed by atoms with van der Waals surface area (Å²) in [6.07, 6.45) is 47.3. The molecule has 0 N–H and O–H groups in total. The summed E-state index contributed by atoms with van der Waals surface area (Å²) in [5, 5.41) is 0. The normalized spacial score (nSPS) is 15.2. The van der Waals surface area contributed by atoms with Gasteiger partial charge in [0.15, 0.2) is 0 Å². The Kier molecular flexibility index (Phi) is 26.9. The minimum absolute atomic E-state index is 0.634. The minimum Gasteiger partial charge on any atom is -0.356 e. The highest BCUT2D eigenvalue weighted by atomic mass is 15.4. The van der Waals surface area contributed by atoms with Crippen LogP contribution in [0, 0.1) is 0 Å². The molecule has 0 saturated carbocycles. The summed E-state index contributed by atoms with van der Waals surface area (Å²) >= 11 is 0. The quantitative estimate of drug-likeness (QED) is 0.0798. The summed E-state index contributed by atoms with van der Waals surface area (Å²) in [6, 6.07) is 0. The molecule has 0 aromatic rings. The predicted octanol–water partition coefficient (Wildman–Crippen LogP) is 12.8. The van der Waals surface area contributed by atoms with Gasteiger partial charge in [0.2, 0.25) is 0 Å². The number of unbranched alkanes of at least 4 members (excludes halogenated alkanes) is 26. The molecule has 0 radical (unpaired) electrons. The molecule has 0 spiro atoms. The number of rotatable bonds is 31. The van der Waals surface area contributed by atoms with Crippen molar-refractivity contribution in [2.45, 2.75) is 213 Å². The lowest BCUT2D eigenvalue weighted by atomic mass is 10.0. The smallest absolute Gasteiger partial charge is 0.101 e. The highest BCUT2D eigenvalue weighted by Crippen LogP contribution is 2.23. The largest absolute Gasteiger partial charge is 0.356 e. The lowest BCUT2D eigenvalue weighted by Gasteiger charge is -2.32. The Morgan fingerprint density at radius 1 is 0.359 bits per heavy atom. The molecule has 1 heterocycles. The van der Waals surface area contributed by atoms with E-state index in [1.165, 1.54) is 193 Å². The van der Waals surface area contributed by atoms with E-state index in [1.54, 1.807) is 0 Å².